The Morgan fingerprint density at radius 2 is 1.95 bits per heavy atom. The summed E-state index contributed by atoms with van der Waals surface area (Å²) >= 11 is 13.7. The van der Waals surface area contributed by atoms with Gasteiger partial charge in [-0.1, -0.05) is 23.2 Å². The highest BCUT2D eigenvalue weighted by Gasteiger charge is 2.22. The molecule has 1 aromatic carbocycles. The third kappa shape index (κ3) is 3.39. The second-order valence-electron chi connectivity index (χ2n) is 4.79. The van der Waals surface area contributed by atoms with E-state index < -0.39 is 0 Å². The van der Waals surface area contributed by atoms with Crippen LogP contribution in [-0.4, -0.2) is 4.98 Å². The van der Waals surface area contributed by atoms with E-state index in [9.17, 15) is 0 Å². The molecule has 1 heterocycles. The summed E-state index contributed by atoms with van der Waals surface area (Å²) in [6.45, 7) is 4.82. The maximum absolute atomic E-state index is 6.02. The number of nitrogens with two attached hydrogens (primary N) is 1. The Morgan fingerprint density at radius 3 is 2.47 bits per heavy atom. The molecule has 0 amide bonds. The van der Waals surface area contributed by atoms with Crippen LogP contribution >= 0.6 is 34.5 Å². The molecule has 1 aromatic heterocycles. The molecule has 0 saturated carbocycles. The minimum Gasteiger partial charge on any atom is -0.396 e. The molecule has 0 unspecified atom stereocenters. The van der Waals surface area contributed by atoms with Crippen molar-refractivity contribution in [2.75, 3.05) is 5.73 Å². The van der Waals surface area contributed by atoms with E-state index in [1.807, 2.05) is 17.5 Å². The van der Waals surface area contributed by atoms with Crippen LogP contribution < -0.4 is 11.1 Å². The molecule has 0 fully saturated rings. The van der Waals surface area contributed by atoms with Gasteiger partial charge in [-0.25, -0.2) is 4.98 Å². The summed E-state index contributed by atoms with van der Waals surface area (Å²) in [5.41, 5.74) is 6.93. The number of nitrogens with one attached hydrogen (secondary N) is 1. The monoisotopic (exact) mass is 315 g/mol. The number of hydrogen-bond donors (Lipinski definition) is 2. The molecule has 3 N–H and O–H groups in total. The third-order valence-corrected chi connectivity index (χ3v) is 4.56. The van der Waals surface area contributed by atoms with Gasteiger partial charge in [0.05, 0.1) is 21.3 Å². The normalized spacial score (nSPS) is 11.8. The standard InChI is InChI=1S/C13H15Cl2N3S/c1-13(2,12-17-3-4-19-12)18-7-8-5-9(14)11(16)10(15)6-8/h3-6,18H,7,16H2,1-2H3. The number of benzene rings is 1. The van der Waals surface area contributed by atoms with Crippen molar-refractivity contribution in [2.24, 2.45) is 0 Å². The van der Waals surface area contributed by atoms with E-state index in [2.05, 4.69) is 24.1 Å². The topological polar surface area (TPSA) is 50.9 Å². The third-order valence-electron chi connectivity index (χ3n) is 2.84. The van der Waals surface area contributed by atoms with Gasteiger partial charge < -0.3 is 11.1 Å². The lowest BCUT2D eigenvalue weighted by Crippen LogP contribution is -2.35. The van der Waals surface area contributed by atoms with E-state index in [0.717, 1.165) is 10.6 Å². The summed E-state index contributed by atoms with van der Waals surface area (Å²) < 4.78 is 0. The molecule has 0 radical (unpaired) electrons. The van der Waals surface area contributed by atoms with E-state index >= 15 is 0 Å². The second-order valence-corrected chi connectivity index (χ2v) is 6.50. The first-order chi connectivity index (χ1) is 8.90. The predicted octanol–water partition coefficient (Wildman–Crippen LogP) is 4.06. The number of aromatic nitrogens is 1. The fraction of sp³-hybridized carbons (Fsp3) is 0.308. The Hall–Kier alpha value is -0.810. The van der Waals surface area contributed by atoms with Crippen molar-refractivity contribution in [2.45, 2.75) is 25.9 Å². The molecule has 102 valence electrons. The van der Waals surface area contributed by atoms with E-state index in [1.54, 1.807) is 17.5 Å². The molecule has 0 spiro atoms. The number of hydrogen-bond acceptors (Lipinski definition) is 4. The molecular weight excluding hydrogens is 301 g/mol. The molecule has 6 heteroatoms. The largest absolute Gasteiger partial charge is 0.396 e. The average Bonchev–Trinajstić information content (AvgIpc) is 2.88. The molecule has 0 aliphatic carbocycles. The number of halogens is 2. The lowest BCUT2D eigenvalue weighted by atomic mass is 10.1. The molecule has 0 aliphatic rings. The molecule has 0 atom stereocenters. The summed E-state index contributed by atoms with van der Waals surface area (Å²) in [4.78, 5) is 4.33. The van der Waals surface area contributed by atoms with E-state index in [4.69, 9.17) is 28.9 Å². The van der Waals surface area contributed by atoms with Gasteiger partial charge >= 0.3 is 0 Å². The van der Waals surface area contributed by atoms with E-state index in [1.165, 1.54) is 0 Å². The second kappa shape index (κ2) is 5.67. The van der Waals surface area contributed by atoms with Crippen LogP contribution in [0.1, 0.15) is 24.4 Å². The maximum Gasteiger partial charge on any atom is 0.112 e. The average molecular weight is 316 g/mol. The Labute approximate surface area is 126 Å². The van der Waals surface area contributed by atoms with Gasteiger partial charge in [0.25, 0.3) is 0 Å². The lowest BCUT2D eigenvalue weighted by molar-refractivity contribution is 0.399. The fourth-order valence-electron chi connectivity index (χ4n) is 1.67. The number of nitrogens with zero attached hydrogens (tertiary/aromatic N) is 1. The smallest absolute Gasteiger partial charge is 0.112 e. The number of rotatable bonds is 4. The van der Waals surface area contributed by atoms with Crippen molar-refractivity contribution in [1.82, 2.24) is 10.3 Å². The van der Waals surface area contributed by atoms with Crippen LogP contribution in [0.25, 0.3) is 0 Å². The summed E-state index contributed by atoms with van der Waals surface area (Å²) in [7, 11) is 0. The minimum atomic E-state index is -0.200. The van der Waals surface area contributed by atoms with Gasteiger partial charge in [-0.2, -0.15) is 0 Å². The lowest BCUT2D eigenvalue weighted by Gasteiger charge is -2.24. The highest BCUT2D eigenvalue weighted by atomic mass is 35.5. The minimum absolute atomic E-state index is 0.200. The zero-order chi connectivity index (χ0) is 14.0. The molecule has 19 heavy (non-hydrogen) atoms. The first kappa shape index (κ1) is 14.6. The first-order valence-electron chi connectivity index (χ1n) is 5.78. The zero-order valence-electron chi connectivity index (χ0n) is 10.7. The number of nitrogen functional groups attached to an aromatic ring is 1. The molecule has 0 bridgehead atoms. The maximum atomic E-state index is 6.02. The molecule has 0 aliphatic heterocycles. The van der Waals surface area contributed by atoms with Crippen LogP contribution in [0.2, 0.25) is 10.0 Å². The van der Waals surface area contributed by atoms with Gasteiger partial charge in [0, 0.05) is 18.1 Å². The van der Waals surface area contributed by atoms with Crippen LogP contribution in [-0.2, 0) is 12.1 Å². The molecule has 0 saturated heterocycles. The van der Waals surface area contributed by atoms with Crippen molar-refractivity contribution in [3.63, 3.8) is 0 Å². The number of anilines is 1. The van der Waals surface area contributed by atoms with E-state index in [-0.39, 0.29) is 5.54 Å². The Bertz CT molecular complexity index is 544. The fourth-order valence-corrected chi connectivity index (χ4v) is 2.94. The van der Waals surface area contributed by atoms with Gasteiger partial charge in [-0.3, -0.25) is 0 Å². The highest BCUT2D eigenvalue weighted by Crippen LogP contribution is 2.29. The van der Waals surface area contributed by atoms with Gasteiger partial charge in [-0.05, 0) is 31.5 Å². The Morgan fingerprint density at radius 1 is 1.32 bits per heavy atom. The SMILES string of the molecule is CC(C)(NCc1cc(Cl)c(N)c(Cl)c1)c1nccs1. The van der Waals surface area contributed by atoms with Crippen LogP contribution in [0, 0.1) is 0 Å². The van der Waals surface area contributed by atoms with Crippen molar-refractivity contribution in [1.29, 1.82) is 0 Å². The van der Waals surface area contributed by atoms with Crippen LogP contribution in [0.4, 0.5) is 5.69 Å². The Balaban J connectivity index is 2.11. The van der Waals surface area contributed by atoms with Gasteiger partial charge in [0.1, 0.15) is 5.01 Å². The quantitative estimate of drug-likeness (QED) is 0.837. The number of thiazole rings is 1. The highest BCUT2D eigenvalue weighted by molar-refractivity contribution is 7.09. The van der Waals surface area contributed by atoms with Crippen molar-refractivity contribution >= 4 is 40.2 Å². The van der Waals surface area contributed by atoms with Gasteiger partial charge in [0.2, 0.25) is 0 Å². The summed E-state index contributed by atoms with van der Waals surface area (Å²) in [5.74, 6) is 0. The predicted molar refractivity (Wildman–Crippen MR) is 82.9 cm³/mol. The molecule has 2 rings (SSSR count). The molecule has 3 nitrogen and oxygen atoms in total. The zero-order valence-corrected chi connectivity index (χ0v) is 13.0. The summed E-state index contributed by atoms with van der Waals surface area (Å²) in [5, 5.41) is 7.42. The van der Waals surface area contributed by atoms with E-state index in [0.29, 0.717) is 22.3 Å². The van der Waals surface area contributed by atoms with Crippen LogP contribution in [0.15, 0.2) is 23.7 Å². The van der Waals surface area contributed by atoms with Crippen molar-refractivity contribution in [3.8, 4) is 0 Å². The first-order valence-corrected chi connectivity index (χ1v) is 7.42. The van der Waals surface area contributed by atoms with Crippen LogP contribution in [0.5, 0.6) is 0 Å². The molecule has 2 aromatic rings. The summed E-state index contributed by atoms with van der Waals surface area (Å²) in [6, 6.07) is 3.65. The molecular formula is C13H15Cl2N3S. The Kier molecular flexibility index (Phi) is 4.36. The van der Waals surface area contributed by atoms with Crippen molar-refractivity contribution < 1.29 is 0 Å². The van der Waals surface area contributed by atoms with Crippen LogP contribution in [0.3, 0.4) is 0 Å². The van der Waals surface area contributed by atoms with Gasteiger partial charge in [-0.15, -0.1) is 11.3 Å². The van der Waals surface area contributed by atoms with Crippen molar-refractivity contribution in [3.05, 3.63) is 44.3 Å². The summed E-state index contributed by atoms with van der Waals surface area (Å²) in [6.07, 6.45) is 1.81. The van der Waals surface area contributed by atoms with Gasteiger partial charge in [0.15, 0.2) is 0 Å².